The molecule has 1 N–H and O–H groups in total. The van der Waals surface area contributed by atoms with Crippen molar-refractivity contribution < 1.29 is 4.79 Å². The molecule has 2 atom stereocenters. The number of halogens is 1. The predicted octanol–water partition coefficient (Wildman–Crippen LogP) is 6.76. The van der Waals surface area contributed by atoms with E-state index in [2.05, 4.69) is 74.5 Å². The molecule has 0 aliphatic rings. The molecule has 0 fully saturated rings. The average molecular weight is 461 g/mol. The molecular weight excluding hydrogens is 436 g/mol. The first-order valence-corrected chi connectivity index (χ1v) is 11.4. The molecule has 2 unspecified atom stereocenters. The number of aromatic nitrogens is 1. The van der Waals surface area contributed by atoms with Gasteiger partial charge in [0.2, 0.25) is 5.91 Å². The first-order valence-electron chi connectivity index (χ1n) is 10.3. The van der Waals surface area contributed by atoms with Crippen LogP contribution in [-0.4, -0.2) is 15.8 Å². The summed E-state index contributed by atoms with van der Waals surface area (Å²) in [5.74, 6) is -0.130. The van der Waals surface area contributed by atoms with E-state index in [4.69, 9.17) is 0 Å². The Bertz CT molecular complexity index is 1120. The highest BCUT2D eigenvalue weighted by Gasteiger charge is 2.19. The topological polar surface area (TPSA) is 34.0 Å². The van der Waals surface area contributed by atoms with Gasteiger partial charge >= 0.3 is 0 Å². The van der Waals surface area contributed by atoms with Gasteiger partial charge in [0, 0.05) is 17.2 Å². The third kappa shape index (κ3) is 4.19. The molecule has 4 rings (SSSR count). The van der Waals surface area contributed by atoms with E-state index in [0.29, 0.717) is 0 Å². The van der Waals surface area contributed by atoms with Gasteiger partial charge in [-0.05, 0) is 41.1 Å². The SMILES string of the molecule is CCC(C(=O)Nc1ccc2ccn(C(CBr)c3ccccc3)c2c1)c1ccccc1. The molecule has 1 aromatic heterocycles. The molecular formula is C26H25BrN2O. The maximum Gasteiger partial charge on any atom is 0.231 e. The monoisotopic (exact) mass is 460 g/mol. The Kier molecular flexibility index (Phi) is 6.34. The quantitative estimate of drug-likeness (QED) is 0.303. The van der Waals surface area contributed by atoms with Gasteiger partial charge < -0.3 is 9.88 Å². The first-order chi connectivity index (χ1) is 14.7. The van der Waals surface area contributed by atoms with Crippen molar-refractivity contribution in [2.45, 2.75) is 25.3 Å². The van der Waals surface area contributed by atoms with Crippen molar-refractivity contribution in [1.82, 2.24) is 4.57 Å². The third-order valence-electron chi connectivity index (χ3n) is 5.58. The van der Waals surface area contributed by atoms with E-state index in [0.717, 1.165) is 33.9 Å². The van der Waals surface area contributed by atoms with Crippen molar-refractivity contribution in [1.29, 1.82) is 0 Å². The van der Waals surface area contributed by atoms with E-state index in [1.54, 1.807) is 0 Å². The normalized spacial score (nSPS) is 13.1. The number of benzene rings is 3. The summed E-state index contributed by atoms with van der Waals surface area (Å²) in [7, 11) is 0. The number of carbonyl (C=O) groups excluding carboxylic acids is 1. The van der Waals surface area contributed by atoms with Crippen molar-refractivity contribution in [3.63, 3.8) is 0 Å². The lowest BCUT2D eigenvalue weighted by Crippen LogP contribution is -2.20. The minimum absolute atomic E-state index is 0.0289. The van der Waals surface area contributed by atoms with Crippen LogP contribution in [-0.2, 0) is 4.79 Å². The third-order valence-corrected chi connectivity index (χ3v) is 6.20. The van der Waals surface area contributed by atoms with Gasteiger partial charge in [-0.15, -0.1) is 0 Å². The molecule has 0 aliphatic carbocycles. The van der Waals surface area contributed by atoms with E-state index in [1.165, 1.54) is 5.56 Å². The zero-order valence-corrected chi connectivity index (χ0v) is 18.5. The highest BCUT2D eigenvalue weighted by molar-refractivity contribution is 9.09. The van der Waals surface area contributed by atoms with Crippen LogP contribution in [0.5, 0.6) is 0 Å². The van der Waals surface area contributed by atoms with Gasteiger partial charge in [-0.25, -0.2) is 0 Å². The van der Waals surface area contributed by atoms with Crippen LogP contribution in [0.1, 0.15) is 36.4 Å². The number of hydrogen-bond acceptors (Lipinski definition) is 1. The number of fused-ring (bicyclic) bond motifs is 1. The van der Waals surface area contributed by atoms with Crippen LogP contribution >= 0.6 is 15.9 Å². The fraction of sp³-hybridized carbons (Fsp3) is 0.192. The standard InChI is InChI=1S/C26H25BrN2O/c1-2-23(19-9-5-3-6-10-19)26(30)28-22-14-13-21-15-16-29(24(21)17-22)25(18-27)20-11-7-4-8-12-20/h3-17,23,25H,2,18H2,1H3,(H,28,30). The number of rotatable bonds is 7. The molecule has 1 amide bonds. The summed E-state index contributed by atoms with van der Waals surface area (Å²) in [4.78, 5) is 13.0. The van der Waals surface area contributed by atoms with E-state index in [1.807, 2.05) is 49.4 Å². The molecule has 0 bridgehead atoms. The molecule has 3 aromatic carbocycles. The maximum atomic E-state index is 13.0. The first kappa shape index (κ1) is 20.4. The molecule has 152 valence electrons. The summed E-state index contributed by atoms with van der Waals surface area (Å²) >= 11 is 3.68. The van der Waals surface area contributed by atoms with Gasteiger partial charge in [0.1, 0.15) is 0 Å². The van der Waals surface area contributed by atoms with Crippen LogP contribution in [0.15, 0.2) is 91.1 Å². The van der Waals surface area contributed by atoms with Crippen molar-refractivity contribution in [2.24, 2.45) is 0 Å². The largest absolute Gasteiger partial charge is 0.339 e. The second-order valence-electron chi connectivity index (χ2n) is 7.44. The van der Waals surface area contributed by atoms with Crippen molar-refractivity contribution in [3.8, 4) is 0 Å². The lowest BCUT2D eigenvalue weighted by molar-refractivity contribution is -0.117. The Balaban J connectivity index is 1.63. The summed E-state index contributed by atoms with van der Waals surface area (Å²) in [6, 6.07) is 28.9. The maximum absolute atomic E-state index is 13.0. The Morgan fingerprint density at radius 2 is 1.60 bits per heavy atom. The number of nitrogens with one attached hydrogen (secondary N) is 1. The Morgan fingerprint density at radius 1 is 0.933 bits per heavy atom. The predicted molar refractivity (Wildman–Crippen MR) is 128 cm³/mol. The number of anilines is 1. The number of carbonyl (C=O) groups is 1. The van der Waals surface area contributed by atoms with Crippen molar-refractivity contribution in [3.05, 3.63) is 102 Å². The zero-order valence-electron chi connectivity index (χ0n) is 17.0. The highest BCUT2D eigenvalue weighted by atomic mass is 79.9. The number of alkyl halides is 1. The van der Waals surface area contributed by atoms with Gasteiger partial charge in [-0.3, -0.25) is 4.79 Å². The van der Waals surface area contributed by atoms with Crippen LogP contribution in [0.25, 0.3) is 10.9 Å². The molecule has 3 nitrogen and oxygen atoms in total. The van der Waals surface area contributed by atoms with Crippen LogP contribution in [0.2, 0.25) is 0 Å². The van der Waals surface area contributed by atoms with E-state index in [9.17, 15) is 4.79 Å². The van der Waals surface area contributed by atoms with E-state index < -0.39 is 0 Å². The minimum atomic E-state index is -0.159. The lowest BCUT2D eigenvalue weighted by atomic mass is 9.95. The van der Waals surface area contributed by atoms with E-state index >= 15 is 0 Å². The highest BCUT2D eigenvalue weighted by Crippen LogP contribution is 2.29. The Morgan fingerprint density at radius 3 is 2.23 bits per heavy atom. The average Bonchev–Trinajstić information content (AvgIpc) is 3.19. The summed E-state index contributed by atoms with van der Waals surface area (Å²) in [6.07, 6.45) is 2.88. The number of hydrogen-bond donors (Lipinski definition) is 1. The molecule has 4 aromatic rings. The number of amides is 1. The van der Waals surface area contributed by atoms with Crippen LogP contribution < -0.4 is 5.32 Å². The van der Waals surface area contributed by atoms with Gasteiger partial charge in [0.25, 0.3) is 0 Å². The Hall–Kier alpha value is -2.85. The zero-order chi connectivity index (χ0) is 20.9. The summed E-state index contributed by atoms with van der Waals surface area (Å²) in [5.41, 5.74) is 4.22. The smallest absolute Gasteiger partial charge is 0.231 e. The van der Waals surface area contributed by atoms with E-state index in [-0.39, 0.29) is 17.9 Å². The Labute approximate surface area is 185 Å². The second kappa shape index (κ2) is 9.31. The molecule has 0 radical (unpaired) electrons. The number of nitrogens with zero attached hydrogens (tertiary/aromatic N) is 1. The lowest BCUT2D eigenvalue weighted by Gasteiger charge is -2.19. The van der Waals surface area contributed by atoms with Crippen molar-refractivity contribution in [2.75, 3.05) is 10.6 Å². The minimum Gasteiger partial charge on any atom is -0.339 e. The summed E-state index contributed by atoms with van der Waals surface area (Å²) in [5, 5.41) is 5.10. The van der Waals surface area contributed by atoms with Crippen LogP contribution in [0.3, 0.4) is 0 Å². The van der Waals surface area contributed by atoms with Gasteiger partial charge in [-0.1, -0.05) is 89.6 Å². The van der Waals surface area contributed by atoms with Crippen LogP contribution in [0, 0.1) is 0 Å². The molecule has 1 heterocycles. The molecule has 4 heteroatoms. The summed E-state index contributed by atoms with van der Waals surface area (Å²) < 4.78 is 2.27. The summed E-state index contributed by atoms with van der Waals surface area (Å²) in [6.45, 7) is 2.05. The fourth-order valence-corrected chi connectivity index (χ4v) is 4.67. The van der Waals surface area contributed by atoms with Gasteiger partial charge in [0.15, 0.2) is 0 Å². The molecule has 30 heavy (non-hydrogen) atoms. The fourth-order valence-electron chi connectivity index (χ4n) is 3.99. The molecule has 0 spiro atoms. The van der Waals surface area contributed by atoms with Crippen LogP contribution in [0.4, 0.5) is 5.69 Å². The van der Waals surface area contributed by atoms with Crippen molar-refractivity contribution >= 4 is 38.4 Å². The molecule has 0 saturated heterocycles. The second-order valence-corrected chi connectivity index (χ2v) is 8.09. The molecule has 0 saturated carbocycles. The van der Waals surface area contributed by atoms with Gasteiger partial charge in [-0.2, -0.15) is 0 Å². The molecule has 0 aliphatic heterocycles. The van der Waals surface area contributed by atoms with Gasteiger partial charge in [0.05, 0.1) is 17.5 Å².